The van der Waals surface area contributed by atoms with Crippen molar-refractivity contribution in [1.82, 2.24) is 9.55 Å². The molecule has 0 radical (unpaired) electrons. The zero-order chi connectivity index (χ0) is 14.4. The normalized spacial score (nSPS) is 10.8. The first-order valence-corrected chi connectivity index (χ1v) is 7.20. The summed E-state index contributed by atoms with van der Waals surface area (Å²) in [5, 5.41) is 3.41. The Balaban J connectivity index is 2.05. The van der Waals surface area contributed by atoms with Gasteiger partial charge in [-0.3, -0.25) is 0 Å². The SMILES string of the molecule is CCCn1ccnc1CNc1ccccc1OC(C)C. The molecule has 0 saturated carbocycles. The Morgan fingerprint density at radius 1 is 1.30 bits per heavy atom. The maximum absolute atomic E-state index is 5.80. The van der Waals surface area contributed by atoms with Gasteiger partial charge in [0.1, 0.15) is 11.6 Å². The summed E-state index contributed by atoms with van der Waals surface area (Å²) in [6, 6.07) is 8.01. The molecule has 1 aromatic carbocycles. The molecule has 0 atom stereocenters. The van der Waals surface area contributed by atoms with Gasteiger partial charge < -0.3 is 14.6 Å². The van der Waals surface area contributed by atoms with Crippen LogP contribution in [0.1, 0.15) is 33.0 Å². The third kappa shape index (κ3) is 3.76. The fourth-order valence-corrected chi connectivity index (χ4v) is 2.10. The standard InChI is InChI=1S/C16H23N3O/c1-4-10-19-11-9-17-16(19)12-18-14-7-5-6-8-15(14)20-13(2)3/h5-9,11,13,18H,4,10,12H2,1-3H3. The van der Waals surface area contributed by atoms with Crippen molar-refractivity contribution in [3.8, 4) is 5.75 Å². The van der Waals surface area contributed by atoms with Crippen molar-refractivity contribution in [2.45, 2.75) is 46.4 Å². The number of anilines is 1. The molecule has 0 unspecified atom stereocenters. The quantitative estimate of drug-likeness (QED) is 0.836. The summed E-state index contributed by atoms with van der Waals surface area (Å²) in [4.78, 5) is 4.40. The van der Waals surface area contributed by atoms with E-state index in [-0.39, 0.29) is 6.10 Å². The third-order valence-electron chi connectivity index (χ3n) is 2.95. The Morgan fingerprint density at radius 2 is 2.10 bits per heavy atom. The fourth-order valence-electron chi connectivity index (χ4n) is 2.10. The van der Waals surface area contributed by atoms with Crippen molar-refractivity contribution < 1.29 is 4.74 Å². The van der Waals surface area contributed by atoms with Crippen LogP contribution in [0.5, 0.6) is 5.75 Å². The number of ether oxygens (including phenoxy) is 1. The molecule has 0 bridgehead atoms. The van der Waals surface area contributed by atoms with Crippen LogP contribution < -0.4 is 10.1 Å². The Kier molecular flexibility index (Phi) is 5.04. The monoisotopic (exact) mass is 273 g/mol. The predicted octanol–water partition coefficient (Wildman–Crippen LogP) is 3.69. The Bertz CT molecular complexity index is 534. The number of aromatic nitrogens is 2. The number of aryl methyl sites for hydroxylation is 1. The van der Waals surface area contributed by atoms with Crippen molar-refractivity contribution >= 4 is 5.69 Å². The molecular weight excluding hydrogens is 250 g/mol. The van der Waals surface area contributed by atoms with E-state index < -0.39 is 0 Å². The number of para-hydroxylation sites is 2. The van der Waals surface area contributed by atoms with Crippen LogP contribution in [0.25, 0.3) is 0 Å². The zero-order valence-electron chi connectivity index (χ0n) is 12.5. The highest BCUT2D eigenvalue weighted by Crippen LogP contribution is 2.25. The first kappa shape index (κ1) is 14.4. The molecule has 0 spiro atoms. The van der Waals surface area contributed by atoms with Gasteiger partial charge in [0.2, 0.25) is 0 Å². The van der Waals surface area contributed by atoms with Gasteiger partial charge in [0.25, 0.3) is 0 Å². The molecule has 0 fully saturated rings. The van der Waals surface area contributed by atoms with E-state index in [0.29, 0.717) is 6.54 Å². The topological polar surface area (TPSA) is 39.1 Å². The van der Waals surface area contributed by atoms with Crippen molar-refractivity contribution in [2.75, 3.05) is 5.32 Å². The number of nitrogens with one attached hydrogen (secondary N) is 1. The van der Waals surface area contributed by atoms with Gasteiger partial charge in [-0.15, -0.1) is 0 Å². The van der Waals surface area contributed by atoms with Gasteiger partial charge in [-0.2, -0.15) is 0 Å². The zero-order valence-corrected chi connectivity index (χ0v) is 12.5. The Hall–Kier alpha value is -1.97. The summed E-state index contributed by atoms with van der Waals surface area (Å²) in [7, 11) is 0. The van der Waals surface area contributed by atoms with Crippen LogP contribution in [-0.4, -0.2) is 15.7 Å². The lowest BCUT2D eigenvalue weighted by molar-refractivity contribution is 0.243. The molecule has 0 amide bonds. The molecule has 1 aromatic heterocycles. The molecule has 4 nitrogen and oxygen atoms in total. The van der Waals surface area contributed by atoms with E-state index in [1.54, 1.807) is 0 Å². The van der Waals surface area contributed by atoms with Gasteiger partial charge in [-0.1, -0.05) is 19.1 Å². The molecule has 0 aliphatic heterocycles. The number of imidazole rings is 1. The van der Waals surface area contributed by atoms with Crippen LogP contribution in [0.2, 0.25) is 0 Å². The Morgan fingerprint density at radius 3 is 2.85 bits per heavy atom. The number of hydrogen-bond acceptors (Lipinski definition) is 3. The maximum atomic E-state index is 5.80. The molecular formula is C16H23N3O. The molecule has 0 aliphatic carbocycles. The number of hydrogen-bond donors (Lipinski definition) is 1. The largest absolute Gasteiger partial charge is 0.489 e. The second-order valence-corrected chi connectivity index (χ2v) is 5.05. The summed E-state index contributed by atoms with van der Waals surface area (Å²) in [6.07, 6.45) is 5.15. The van der Waals surface area contributed by atoms with E-state index in [0.717, 1.165) is 30.2 Å². The van der Waals surface area contributed by atoms with E-state index in [2.05, 4.69) is 21.8 Å². The van der Waals surface area contributed by atoms with E-state index in [1.165, 1.54) is 0 Å². The van der Waals surface area contributed by atoms with Crippen molar-refractivity contribution in [3.63, 3.8) is 0 Å². The molecule has 108 valence electrons. The van der Waals surface area contributed by atoms with Gasteiger partial charge in [0.15, 0.2) is 0 Å². The summed E-state index contributed by atoms with van der Waals surface area (Å²) in [5.41, 5.74) is 1.01. The second-order valence-electron chi connectivity index (χ2n) is 5.05. The molecule has 1 N–H and O–H groups in total. The second kappa shape index (κ2) is 6.98. The number of rotatable bonds is 7. The molecule has 0 saturated heterocycles. The smallest absolute Gasteiger partial charge is 0.142 e. The molecule has 4 heteroatoms. The van der Waals surface area contributed by atoms with Gasteiger partial charge in [-0.25, -0.2) is 4.98 Å². The highest BCUT2D eigenvalue weighted by Gasteiger charge is 2.06. The molecule has 2 aromatic rings. The van der Waals surface area contributed by atoms with E-state index in [1.807, 2.05) is 50.5 Å². The van der Waals surface area contributed by atoms with Crippen molar-refractivity contribution in [2.24, 2.45) is 0 Å². The lowest BCUT2D eigenvalue weighted by Crippen LogP contribution is -2.11. The van der Waals surface area contributed by atoms with Crippen LogP contribution in [0, 0.1) is 0 Å². The number of nitrogens with zero attached hydrogens (tertiary/aromatic N) is 2. The summed E-state index contributed by atoms with van der Waals surface area (Å²) in [6.45, 7) is 7.94. The van der Waals surface area contributed by atoms with Crippen LogP contribution in [0.3, 0.4) is 0 Å². The molecule has 20 heavy (non-hydrogen) atoms. The fraction of sp³-hybridized carbons (Fsp3) is 0.438. The first-order valence-electron chi connectivity index (χ1n) is 7.20. The average Bonchev–Trinajstić information content (AvgIpc) is 2.85. The third-order valence-corrected chi connectivity index (χ3v) is 2.95. The van der Waals surface area contributed by atoms with Gasteiger partial charge in [0, 0.05) is 18.9 Å². The highest BCUT2D eigenvalue weighted by atomic mass is 16.5. The van der Waals surface area contributed by atoms with E-state index in [4.69, 9.17) is 4.74 Å². The average molecular weight is 273 g/mol. The number of benzene rings is 1. The summed E-state index contributed by atoms with van der Waals surface area (Å²) in [5.74, 6) is 1.93. The molecule has 2 rings (SSSR count). The minimum absolute atomic E-state index is 0.167. The lowest BCUT2D eigenvalue weighted by atomic mass is 10.3. The van der Waals surface area contributed by atoms with Crippen LogP contribution in [0.15, 0.2) is 36.7 Å². The first-order chi connectivity index (χ1) is 9.70. The van der Waals surface area contributed by atoms with E-state index in [9.17, 15) is 0 Å². The van der Waals surface area contributed by atoms with Crippen LogP contribution in [0.4, 0.5) is 5.69 Å². The predicted molar refractivity (Wildman–Crippen MR) is 82.1 cm³/mol. The van der Waals surface area contributed by atoms with Gasteiger partial charge in [-0.05, 0) is 32.4 Å². The summed E-state index contributed by atoms with van der Waals surface area (Å²) >= 11 is 0. The van der Waals surface area contributed by atoms with Crippen LogP contribution in [-0.2, 0) is 13.1 Å². The minimum Gasteiger partial charge on any atom is -0.489 e. The molecule has 0 aliphatic rings. The summed E-state index contributed by atoms with van der Waals surface area (Å²) < 4.78 is 7.98. The molecule has 1 heterocycles. The van der Waals surface area contributed by atoms with Gasteiger partial charge >= 0.3 is 0 Å². The van der Waals surface area contributed by atoms with Crippen molar-refractivity contribution in [3.05, 3.63) is 42.5 Å². The minimum atomic E-state index is 0.167. The maximum Gasteiger partial charge on any atom is 0.142 e. The highest BCUT2D eigenvalue weighted by molar-refractivity contribution is 5.56. The Labute approximate surface area is 120 Å². The van der Waals surface area contributed by atoms with Crippen LogP contribution >= 0.6 is 0 Å². The van der Waals surface area contributed by atoms with Gasteiger partial charge in [0.05, 0.1) is 18.3 Å². The van der Waals surface area contributed by atoms with E-state index >= 15 is 0 Å². The van der Waals surface area contributed by atoms with Crippen molar-refractivity contribution in [1.29, 1.82) is 0 Å². The lowest BCUT2D eigenvalue weighted by Gasteiger charge is -2.15.